The van der Waals surface area contributed by atoms with Crippen LogP contribution in [0.25, 0.3) is 0 Å². The molecule has 0 radical (unpaired) electrons. The fourth-order valence-electron chi connectivity index (χ4n) is 1.31. The molecular weight excluding hydrogens is 301 g/mol. The lowest BCUT2D eigenvalue weighted by Gasteiger charge is -2.27. The smallest absolute Gasteiger partial charge is 0.157 e. The van der Waals surface area contributed by atoms with Gasteiger partial charge >= 0.3 is 0 Å². The zero-order valence-electron chi connectivity index (χ0n) is 8.10. The Labute approximate surface area is 96.0 Å². The summed E-state index contributed by atoms with van der Waals surface area (Å²) in [5.74, 6) is -1.21. The van der Waals surface area contributed by atoms with Crippen molar-refractivity contribution in [2.45, 2.75) is 23.4 Å². The Kier molecular flexibility index (Phi) is 3.69. The minimum absolute atomic E-state index is 0.0904. The van der Waals surface area contributed by atoms with Crippen molar-refractivity contribution in [3.05, 3.63) is 23.6 Å². The highest BCUT2D eigenvalue weighted by Crippen LogP contribution is 2.36. The molecule has 0 spiro atoms. The van der Waals surface area contributed by atoms with E-state index in [-0.39, 0.29) is 6.61 Å². The summed E-state index contributed by atoms with van der Waals surface area (Å²) in [4.78, 5) is 0. The average Bonchev–Trinajstić information content (AvgIpc) is 2.13. The molecule has 2 unspecified atom stereocenters. The van der Waals surface area contributed by atoms with Crippen molar-refractivity contribution in [3.63, 3.8) is 0 Å². The number of hydrogen-bond acceptors (Lipinski definition) is 1. The van der Waals surface area contributed by atoms with Crippen LogP contribution in [0.5, 0.6) is 0 Å². The van der Waals surface area contributed by atoms with Gasteiger partial charge in [-0.15, -0.1) is 0 Å². The van der Waals surface area contributed by atoms with Gasteiger partial charge in [-0.3, -0.25) is 0 Å². The standard InChI is InChI=1S/C10H13F2IO/c1-6-3-7(10(2,13)5-14)4-8(11)9(6)12/h3-4,6,9,14H,5H2,1-2H3/t6?,9?,10-/m1/s1. The summed E-state index contributed by atoms with van der Waals surface area (Å²) in [5, 5.41) is 9.09. The third-order valence-corrected chi connectivity index (χ3v) is 3.32. The molecule has 1 rings (SSSR count). The molecule has 3 atom stereocenters. The van der Waals surface area contributed by atoms with E-state index in [2.05, 4.69) is 0 Å². The number of halogens is 3. The normalized spacial score (nSPS) is 31.9. The maximum atomic E-state index is 13.1. The molecule has 0 aromatic heterocycles. The van der Waals surface area contributed by atoms with Crippen LogP contribution < -0.4 is 0 Å². The van der Waals surface area contributed by atoms with Gasteiger partial charge in [0.1, 0.15) is 5.83 Å². The molecule has 1 aliphatic rings. The Bertz CT molecular complexity index is 284. The van der Waals surface area contributed by atoms with Crippen molar-refractivity contribution in [3.8, 4) is 0 Å². The van der Waals surface area contributed by atoms with E-state index in [1.807, 2.05) is 22.6 Å². The molecule has 0 aromatic carbocycles. The molecule has 0 fully saturated rings. The zero-order valence-corrected chi connectivity index (χ0v) is 10.3. The first-order valence-corrected chi connectivity index (χ1v) is 5.49. The van der Waals surface area contributed by atoms with E-state index in [4.69, 9.17) is 5.11 Å². The van der Waals surface area contributed by atoms with Gasteiger partial charge in [-0.2, -0.15) is 0 Å². The number of aliphatic hydroxyl groups is 1. The van der Waals surface area contributed by atoms with Crippen LogP contribution in [-0.2, 0) is 0 Å². The lowest BCUT2D eigenvalue weighted by molar-refractivity contribution is 0.259. The van der Waals surface area contributed by atoms with Gasteiger partial charge in [0.2, 0.25) is 0 Å². The number of hydrogen-bond donors (Lipinski definition) is 1. The molecule has 0 aromatic rings. The zero-order chi connectivity index (χ0) is 10.9. The largest absolute Gasteiger partial charge is 0.395 e. The summed E-state index contributed by atoms with van der Waals surface area (Å²) in [6.07, 6.45) is 1.33. The summed E-state index contributed by atoms with van der Waals surface area (Å²) in [5.41, 5.74) is 0.652. The van der Waals surface area contributed by atoms with Gasteiger partial charge in [0.25, 0.3) is 0 Å². The summed E-state index contributed by atoms with van der Waals surface area (Å²) in [7, 11) is 0. The van der Waals surface area contributed by atoms with Crippen LogP contribution in [0.1, 0.15) is 13.8 Å². The summed E-state index contributed by atoms with van der Waals surface area (Å²) < 4.78 is 25.6. The second-order valence-electron chi connectivity index (χ2n) is 3.77. The van der Waals surface area contributed by atoms with Crippen LogP contribution >= 0.6 is 22.6 Å². The van der Waals surface area contributed by atoms with Gasteiger partial charge in [0.15, 0.2) is 6.17 Å². The number of alkyl halides is 2. The first-order valence-electron chi connectivity index (χ1n) is 4.41. The summed E-state index contributed by atoms with van der Waals surface area (Å²) in [6, 6.07) is 0. The van der Waals surface area contributed by atoms with Crippen LogP contribution in [0, 0.1) is 5.92 Å². The maximum Gasteiger partial charge on any atom is 0.157 e. The van der Waals surface area contributed by atoms with Gasteiger partial charge in [0.05, 0.1) is 10.0 Å². The van der Waals surface area contributed by atoms with Gasteiger partial charge in [0, 0.05) is 5.92 Å². The Balaban J connectivity index is 2.98. The average molecular weight is 314 g/mol. The molecule has 4 heteroatoms. The van der Waals surface area contributed by atoms with Gasteiger partial charge in [-0.05, 0) is 18.6 Å². The van der Waals surface area contributed by atoms with Crippen molar-refractivity contribution in [1.29, 1.82) is 0 Å². The third kappa shape index (κ3) is 2.34. The Morgan fingerprint density at radius 1 is 1.64 bits per heavy atom. The summed E-state index contributed by atoms with van der Waals surface area (Å²) >= 11 is 2.03. The van der Waals surface area contributed by atoms with E-state index in [0.717, 1.165) is 0 Å². The monoisotopic (exact) mass is 314 g/mol. The van der Waals surface area contributed by atoms with Crippen LogP contribution in [0.3, 0.4) is 0 Å². The van der Waals surface area contributed by atoms with Crippen LogP contribution in [-0.4, -0.2) is 21.3 Å². The SMILES string of the molecule is CC1C=C([C@](C)(I)CO)C=C(F)C1F. The highest BCUT2D eigenvalue weighted by molar-refractivity contribution is 14.1. The molecule has 14 heavy (non-hydrogen) atoms. The highest BCUT2D eigenvalue weighted by Gasteiger charge is 2.31. The van der Waals surface area contributed by atoms with Gasteiger partial charge in [-0.25, -0.2) is 8.78 Å². The number of rotatable bonds is 2. The van der Waals surface area contributed by atoms with Crippen molar-refractivity contribution < 1.29 is 13.9 Å². The van der Waals surface area contributed by atoms with Gasteiger partial charge in [-0.1, -0.05) is 35.6 Å². The molecule has 0 saturated heterocycles. The Hall–Kier alpha value is 0.0300. The van der Waals surface area contributed by atoms with Crippen molar-refractivity contribution in [1.82, 2.24) is 0 Å². The van der Waals surface area contributed by atoms with E-state index in [9.17, 15) is 8.78 Å². The predicted molar refractivity (Wildman–Crippen MR) is 60.8 cm³/mol. The van der Waals surface area contributed by atoms with E-state index in [1.165, 1.54) is 6.08 Å². The minimum Gasteiger partial charge on any atom is -0.395 e. The fraction of sp³-hybridized carbons (Fsp3) is 0.600. The molecule has 1 nitrogen and oxygen atoms in total. The molecule has 0 heterocycles. The lowest BCUT2D eigenvalue weighted by atomic mass is 9.89. The number of aliphatic hydroxyl groups excluding tert-OH is 1. The van der Waals surface area contributed by atoms with E-state index >= 15 is 0 Å². The summed E-state index contributed by atoms with van der Waals surface area (Å²) in [6.45, 7) is 3.32. The molecule has 1 N–H and O–H groups in total. The molecule has 0 aliphatic heterocycles. The molecule has 1 aliphatic carbocycles. The Morgan fingerprint density at radius 2 is 2.21 bits per heavy atom. The van der Waals surface area contributed by atoms with Crippen LogP contribution in [0.4, 0.5) is 8.78 Å². The Morgan fingerprint density at radius 3 is 2.64 bits per heavy atom. The van der Waals surface area contributed by atoms with Crippen LogP contribution in [0.15, 0.2) is 23.6 Å². The quantitative estimate of drug-likeness (QED) is 0.614. The number of allylic oxidation sites excluding steroid dienone is 3. The van der Waals surface area contributed by atoms with Crippen LogP contribution in [0.2, 0.25) is 0 Å². The minimum atomic E-state index is -1.54. The lowest BCUT2D eigenvalue weighted by Crippen LogP contribution is -2.27. The van der Waals surface area contributed by atoms with E-state index < -0.39 is 21.3 Å². The molecule has 0 saturated carbocycles. The highest BCUT2D eigenvalue weighted by atomic mass is 127. The van der Waals surface area contributed by atoms with Crippen molar-refractivity contribution in [2.75, 3.05) is 6.61 Å². The first kappa shape index (κ1) is 12.1. The molecule has 0 amide bonds. The second kappa shape index (κ2) is 4.26. The maximum absolute atomic E-state index is 13.1. The molecule has 0 bridgehead atoms. The fourth-order valence-corrected chi connectivity index (χ4v) is 1.65. The van der Waals surface area contributed by atoms with E-state index in [1.54, 1.807) is 19.9 Å². The van der Waals surface area contributed by atoms with Crippen molar-refractivity contribution >= 4 is 22.6 Å². The molecule has 80 valence electrons. The van der Waals surface area contributed by atoms with Gasteiger partial charge < -0.3 is 5.11 Å². The van der Waals surface area contributed by atoms with E-state index in [0.29, 0.717) is 5.57 Å². The topological polar surface area (TPSA) is 20.2 Å². The third-order valence-electron chi connectivity index (χ3n) is 2.36. The van der Waals surface area contributed by atoms with Crippen molar-refractivity contribution in [2.24, 2.45) is 5.92 Å². The second-order valence-corrected chi connectivity index (χ2v) is 6.15. The first-order chi connectivity index (χ1) is 6.38. The predicted octanol–water partition coefficient (Wildman–Crippen LogP) is 2.94. The molecular formula is C10H13F2IO.